The third kappa shape index (κ3) is 7.90. The van der Waals surface area contributed by atoms with Crippen molar-refractivity contribution in [2.24, 2.45) is 12.0 Å². The van der Waals surface area contributed by atoms with Crippen LogP contribution in [0.1, 0.15) is 43.2 Å². The third-order valence-electron chi connectivity index (χ3n) is 5.59. The lowest BCUT2D eigenvalue weighted by Crippen LogP contribution is -2.49. The summed E-state index contributed by atoms with van der Waals surface area (Å²) in [5.41, 5.74) is 0. The van der Waals surface area contributed by atoms with Crippen molar-refractivity contribution >= 4 is 17.3 Å². The lowest BCUT2D eigenvalue weighted by atomic mass is 10.1. The Balaban J connectivity index is 1.51. The minimum absolute atomic E-state index is 0.302. The number of nitrogens with one attached hydrogen (secondary N) is 2. The number of aryl methyl sites for hydroxylation is 1. The number of hydrogen-bond acceptors (Lipinski definition) is 6. The van der Waals surface area contributed by atoms with Crippen LogP contribution in [0.15, 0.2) is 22.5 Å². The molecule has 172 valence electrons. The first-order chi connectivity index (χ1) is 15.0. The van der Waals surface area contributed by atoms with Gasteiger partial charge in [0.25, 0.3) is 0 Å². The molecule has 8 nitrogen and oxygen atoms in total. The van der Waals surface area contributed by atoms with Crippen LogP contribution in [0.2, 0.25) is 0 Å². The average molecular weight is 448 g/mol. The monoisotopic (exact) mass is 447 g/mol. The highest BCUT2D eigenvalue weighted by Crippen LogP contribution is 2.11. The number of hydrogen-bond donors (Lipinski definition) is 2. The van der Waals surface area contributed by atoms with Crippen LogP contribution in [0.4, 0.5) is 0 Å². The molecule has 2 N–H and O–H groups in total. The van der Waals surface area contributed by atoms with Crippen molar-refractivity contribution in [2.75, 3.05) is 32.8 Å². The summed E-state index contributed by atoms with van der Waals surface area (Å²) < 4.78 is 7.69. The van der Waals surface area contributed by atoms with Crippen molar-refractivity contribution in [2.45, 2.75) is 58.7 Å². The van der Waals surface area contributed by atoms with Crippen LogP contribution in [0, 0.1) is 6.92 Å². The van der Waals surface area contributed by atoms with E-state index in [2.05, 4.69) is 57.1 Å². The minimum Gasteiger partial charge on any atom is -0.377 e. The van der Waals surface area contributed by atoms with Crippen LogP contribution >= 0.6 is 11.3 Å². The van der Waals surface area contributed by atoms with Gasteiger partial charge in [0.15, 0.2) is 11.8 Å². The second-order valence-electron chi connectivity index (χ2n) is 8.32. The molecule has 0 unspecified atom stereocenters. The summed E-state index contributed by atoms with van der Waals surface area (Å²) in [5, 5.41) is 17.7. The van der Waals surface area contributed by atoms with Crippen LogP contribution in [0.5, 0.6) is 0 Å². The summed E-state index contributed by atoms with van der Waals surface area (Å²) in [5.74, 6) is 2.63. The number of rotatable bonds is 10. The van der Waals surface area contributed by atoms with Crippen LogP contribution in [0.25, 0.3) is 0 Å². The van der Waals surface area contributed by atoms with Gasteiger partial charge in [-0.2, -0.15) is 0 Å². The molecule has 0 atom stereocenters. The van der Waals surface area contributed by atoms with E-state index in [4.69, 9.17) is 9.73 Å². The number of piperidine rings is 1. The molecule has 1 aliphatic rings. The summed E-state index contributed by atoms with van der Waals surface area (Å²) in [6, 6.07) is 4.71. The predicted octanol–water partition coefficient (Wildman–Crippen LogP) is 2.35. The highest BCUT2D eigenvalue weighted by atomic mass is 32.1. The molecule has 0 aromatic carbocycles. The molecular formula is C22H37N7OS. The number of nitrogens with zero attached hydrogens (tertiary/aromatic N) is 5. The van der Waals surface area contributed by atoms with Gasteiger partial charge in [-0.3, -0.25) is 0 Å². The van der Waals surface area contributed by atoms with E-state index in [0.29, 0.717) is 18.7 Å². The number of aliphatic imine (C=N–C) groups is 1. The molecular weight excluding hydrogens is 410 g/mol. The predicted molar refractivity (Wildman–Crippen MR) is 127 cm³/mol. The molecule has 3 heterocycles. The number of aromatic nitrogens is 3. The number of ether oxygens (including phenoxy) is 1. The lowest BCUT2D eigenvalue weighted by molar-refractivity contribution is 0.0532. The normalized spacial score (nSPS) is 16.2. The summed E-state index contributed by atoms with van der Waals surface area (Å²) in [6.45, 7) is 11.5. The largest absolute Gasteiger partial charge is 0.377 e. The highest BCUT2D eigenvalue weighted by molar-refractivity contribution is 7.09. The smallest absolute Gasteiger partial charge is 0.191 e. The summed E-state index contributed by atoms with van der Waals surface area (Å²) in [7, 11) is 1.98. The molecule has 1 fully saturated rings. The van der Waals surface area contributed by atoms with Crippen LogP contribution in [0.3, 0.4) is 0 Å². The fraction of sp³-hybridized carbons (Fsp3) is 0.682. The summed E-state index contributed by atoms with van der Waals surface area (Å²) >= 11 is 1.80. The van der Waals surface area contributed by atoms with Gasteiger partial charge < -0.3 is 24.8 Å². The summed E-state index contributed by atoms with van der Waals surface area (Å²) in [6.07, 6.45) is 3.51. The van der Waals surface area contributed by atoms with Crippen molar-refractivity contribution in [3.8, 4) is 0 Å². The second-order valence-corrected chi connectivity index (χ2v) is 9.36. The molecule has 1 aliphatic heterocycles. The zero-order valence-electron chi connectivity index (χ0n) is 19.3. The standard InChI is InChI=1S/C22H37N7OS/c1-17(2)30-14-13-29-11-8-19(9-12-29)25-22(23-10-7-20-6-5-15-31-20)24-16-21-27-26-18(3)28(21)4/h5-6,15,17,19H,7-14,16H2,1-4H3,(H2,23,24,25). The van der Waals surface area contributed by atoms with E-state index >= 15 is 0 Å². The van der Waals surface area contributed by atoms with Gasteiger partial charge >= 0.3 is 0 Å². The maximum absolute atomic E-state index is 5.70. The lowest BCUT2D eigenvalue weighted by Gasteiger charge is -2.33. The Kier molecular flexibility index (Phi) is 9.30. The molecule has 2 aromatic heterocycles. The molecule has 3 rings (SSSR count). The molecule has 0 radical (unpaired) electrons. The maximum atomic E-state index is 5.70. The van der Waals surface area contributed by atoms with Crippen LogP contribution < -0.4 is 10.6 Å². The molecule has 2 aromatic rings. The average Bonchev–Trinajstić information content (AvgIpc) is 3.38. The van der Waals surface area contributed by atoms with Gasteiger partial charge in [-0.05, 0) is 51.5 Å². The Morgan fingerprint density at radius 3 is 2.77 bits per heavy atom. The molecule has 1 saturated heterocycles. The molecule has 9 heteroatoms. The van der Waals surface area contributed by atoms with Gasteiger partial charge in [0.05, 0.1) is 12.7 Å². The Labute approximate surface area is 190 Å². The van der Waals surface area contributed by atoms with Crippen molar-refractivity contribution in [1.29, 1.82) is 0 Å². The van der Waals surface area contributed by atoms with Crippen LogP contribution in [-0.4, -0.2) is 70.6 Å². The Morgan fingerprint density at radius 2 is 2.13 bits per heavy atom. The van der Waals surface area contributed by atoms with Gasteiger partial charge in [0.1, 0.15) is 12.4 Å². The quantitative estimate of drug-likeness (QED) is 0.430. The van der Waals surface area contributed by atoms with E-state index in [1.807, 2.05) is 18.5 Å². The highest BCUT2D eigenvalue weighted by Gasteiger charge is 2.20. The first kappa shape index (κ1) is 23.7. The van der Waals surface area contributed by atoms with E-state index < -0.39 is 0 Å². The maximum Gasteiger partial charge on any atom is 0.191 e. The minimum atomic E-state index is 0.302. The van der Waals surface area contributed by atoms with E-state index in [9.17, 15) is 0 Å². The van der Waals surface area contributed by atoms with E-state index in [1.165, 1.54) is 4.88 Å². The summed E-state index contributed by atoms with van der Waals surface area (Å²) in [4.78, 5) is 8.68. The third-order valence-corrected chi connectivity index (χ3v) is 6.53. The Bertz CT molecular complexity index is 795. The molecule has 0 saturated carbocycles. The van der Waals surface area contributed by atoms with Crippen LogP contribution in [-0.2, 0) is 24.8 Å². The number of thiophene rings is 1. The van der Waals surface area contributed by atoms with E-state index in [0.717, 1.165) is 69.7 Å². The number of likely N-dealkylation sites (tertiary alicyclic amines) is 1. The van der Waals surface area contributed by atoms with Gasteiger partial charge in [0, 0.05) is 44.1 Å². The van der Waals surface area contributed by atoms with Crippen molar-refractivity contribution in [3.63, 3.8) is 0 Å². The molecule has 0 bridgehead atoms. The van der Waals surface area contributed by atoms with Gasteiger partial charge in [-0.25, -0.2) is 4.99 Å². The Morgan fingerprint density at radius 1 is 1.32 bits per heavy atom. The fourth-order valence-corrected chi connectivity index (χ4v) is 4.27. The SMILES string of the molecule is Cc1nnc(CN=C(NCCc2cccs2)NC2CCN(CCOC(C)C)CC2)n1C. The van der Waals surface area contributed by atoms with E-state index in [-0.39, 0.29) is 0 Å². The molecule has 0 amide bonds. The molecule has 0 spiro atoms. The van der Waals surface area contributed by atoms with Crippen molar-refractivity contribution in [1.82, 2.24) is 30.3 Å². The number of guanidine groups is 1. The van der Waals surface area contributed by atoms with Gasteiger partial charge in [-0.1, -0.05) is 6.07 Å². The molecule has 31 heavy (non-hydrogen) atoms. The van der Waals surface area contributed by atoms with Crippen molar-refractivity contribution in [3.05, 3.63) is 34.0 Å². The second kappa shape index (κ2) is 12.2. The topological polar surface area (TPSA) is 79.6 Å². The molecule has 0 aliphatic carbocycles. The Hall–Kier alpha value is -1.97. The zero-order chi connectivity index (χ0) is 22.1. The zero-order valence-corrected chi connectivity index (χ0v) is 20.1. The fourth-order valence-electron chi connectivity index (χ4n) is 3.56. The first-order valence-corrected chi connectivity index (χ1v) is 12.1. The van der Waals surface area contributed by atoms with Crippen molar-refractivity contribution < 1.29 is 4.74 Å². The van der Waals surface area contributed by atoms with Gasteiger partial charge in [-0.15, -0.1) is 21.5 Å². The first-order valence-electron chi connectivity index (χ1n) is 11.3. The van der Waals surface area contributed by atoms with E-state index in [1.54, 1.807) is 11.3 Å². The van der Waals surface area contributed by atoms with Gasteiger partial charge in [0.2, 0.25) is 0 Å².